The number of carbonyl (C=O) groups excluding carboxylic acids is 1. The maximum atomic E-state index is 11.1. The molecule has 0 aliphatic rings. The number of amides is 1. The number of nitrogens with one attached hydrogen (secondary N) is 1. The summed E-state index contributed by atoms with van der Waals surface area (Å²) in [4.78, 5) is 21.9. The average molecular weight is 218 g/mol. The molecule has 0 spiro atoms. The molecule has 0 rings (SSSR count). The number of ether oxygens (including phenoxy) is 1. The second kappa shape index (κ2) is 8.19. The minimum atomic E-state index is -1.03. The third-order valence-electron chi connectivity index (χ3n) is 1.85. The molecule has 0 saturated heterocycles. The van der Waals surface area contributed by atoms with Gasteiger partial charge in [-0.05, 0) is 12.8 Å². The van der Waals surface area contributed by atoms with E-state index < -0.39 is 12.0 Å². The van der Waals surface area contributed by atoms with Crippen LogP contribution in [0.25, 0.3) is 0 Å². The van der Waals surface area contributed by atoms with Gasteiger partial charge in [-0.15, -0.1) is 0 Å². The van der Waals surface area contributed by atoms with E-state index in [1.807, 2.05) is 0 Å². The lowest BCUT2D eigenvalue weighted by Crippen LogP contribution is -2.41. The van der Waals surface area contributed by atoms with Crippen molar-refractivity contribution in [3.05, 3.63) is 0 Å². The quantitative estimate of drug-likeness (QED) is 0.469. The number of methoxy groups -OCH3 is 1. The van der Waals surface area contributed by atoms with Gasteiger partial charge in [0.1, 0.15) is 6.04 Å². The molecule has 0 bridgehead atoms. The van der Waals surface area contributed by atoms with E-state index in [4.69, 9.17) is 15.6 Å². The first-order chi connectivity index (χ1) is 7.11. The molecule has 4 N–H and O–H groups in total. The van der Waals surface area contributed by atoms with Crippen LogP contribution in [0.5, 0.6) is 0 Å². The van der Waals surface area contributed by atoms with Crippen LogP contribution in [0.2, 0.25) is 0 Å². The molecule has 0 saturated carbocycles. The van der Waals surface area contributed by atoms with Gasteiger partial charge in [0.15, 0.2) is 0 Å². The van der Waals surface area contributed by atoms with Gasteiger partial charge in [0, 0.05) is 26.7 Å². The fraction of sp³-hybridized carbons (Fsp3) is 0.778. The largest absolute Gasteiger partial charge is 0.480 e. The lowest BCUT2D eigenvalue weighted by molar-refractivity contribution is -0.142. The molecule has 0 radical (unpaired) electrons. The number of rotatable bonds is 8. The topological polar surface area (TPSA) is 102 Å². The van der Waals surface area contributed by atoms with Crippen LogP contribution >= 0.6 is 0 Å². The summed E-state index contributed by atoms with van der Waals surface area (Å²) >= 11 is 0. The summed E-state index contributed by atoms with van der Waals surface area (Å²) in [5, 5.41) is 11.2. The van der Waals surface area contributed by atoms with Crippen molar-refractivity contribution in [2.45, 2.75) is 25.3 Å². The number of nitrogens with two attached hydrogens (primary N) is 1. The zero-order valence-corrected chi connectivity index (χ0v) is 8.86. The normalized spacial score (nSPS) is 12.1. The highest BCUT2D eigenvalue weighted by molar-refractivity contribution is 5.83. The highest BCUT2D eigenvalue weighted by Gasteiger charge is 2.18. The lowest BCUT2D eigenvalue weighted by atomic mass is 10.1. The van der Waals surface area contributed by atoms with Crippen LogP contribution < -0.4 is 11.1 Å². The standard InChI is InChI=1S/C9H18N2O4/c1-15-6-2-3-7(9(13)14)11-8(12)4-5-10/h7H,2-6,10H2,1H3,(H,11,12)(H,13,14). The van der Waals surface area contributed by atoms with Gasteiger partial charge in [0.2, 0.25) is 5.91 Å². The first kappa shape index (κ1) is 13.9. The van der Waals surface area contributed by atoms with E-state index in [-0.39, 0.29) is 18.9 Å². The Morgan fingerprint density at radius 1 is 1.53 bits per heavy atom. The van der Waals surface area contributed by atoms with Gasteiger partial charge in [-0.3, -0.25) is 4.79 Å². The summed E-state index contributed by atoms with van der Waals surface area (Å²) < 4.78 is 4.80. The molecule has 1 unspecified atom stereocenters. The predicted octanol–water partition coefficient (Wildman–Crippen LogP) is -0.669. The molecule has 0 aromatic rings. The Balaban J connectivity index is 3.93. The van der Waals surface area contributed by atoms with E-state index in [0.29, 0.717) is 19.4 Å². The van der Waals surface area contributed by atoms with E-state index in [9.17, 15) is 9.59 Å². The summed E-state index contributed by atoms with van der Waals surface area (Å²) in [5.41, 5.74) is 5.17. The van der Waals surface area contributed by atoms with Gasteiger partial charge in [0.05, 0.1) is 0 Å². The molecule has 6 nitrogen and oxygen atoms in total. The van der Waals surface area contributed by atoms with Crippen LogP contribution in [-0.2, 0) is 14.3 Å². The van der Waals surface area contributed by atoms with E-state index in [1.54, 1.807) is 7.11 Å². The molecule has 6 heteroatoms. The van der Waals surface area contributed by atoms with Gasteiger partial charge < -0.3 is 20.9 Å². The highest BCUT2D eigenvalue weighted by atomic mass is 16.5. The summed E-state index contributed by atoms with van der Waals surface area (Å²) in [6, 6.07) is -0.848. The summed E-state index contributed by atoms with van der Waals surface area (Å²) in [6.07, 6.45) is 1.10. The van der Waals surface area contributed by atoms with Gasteiger partial charge >= 0.3 is 5.97 Å². The molecule has 0 aromatic heterocycles. The third kappa shape index (κ3) is 6.87. The molecular formula is C9H18N2O4. The number of hydrogen-bond acceptors (Lipinski definition) is 4. The molecule has 1 amide bonds. The second-order valence-electron chi connectivity index (χ2n) is 3.13. The van der Waals surface area contributed by atoms with E-state index in [0.717, 1.165) is 0 Å². The Hall–Kier alpha value is -1.14. The first-order valence-electron chi connectivity index (χ1n) is 4.83. The second-order valence-corrected chi connectivity index (χ2v) is 3.13. The molecule has 15 heavy (non-hydrogen) atoms. The third-order valence-corrected chi connectivity index (χ3v) is 1.85. The Labute approximate surface area is 88.8 Å². The SMILES string of the molecule is COCCCC(NC(=O)CCN)C(=O)O. The zero-order chi connectivity index (χ0) is 11.7. The fourth-order valence-electron chi connectivity index (χ4n) is 1.09. The smallest absolute Gasteiger partial charge is 0.326 e. The summed E-state index contributed by atoms with van der Waals surface area (Å²) in [7, 11) is 1.54. The Morgan fingerprint density at radius 3 is 2.67 bits per heavy atom. The summed E-state index contributed by atoms with van der Waals surface area (Å²) in [5.74, 6) is -1.36. The molecule has 0 aromatic carbocycles. The molecule has 0 aliphatic heterocycles. The van der Waals surface area contributed by atoms with Gasteiger partial charge in [0.25, 0.3) is 0 Å². The minimum Gasteiger partial charge on any atom is -0.480 e. The van der Waals surface area contributed by atoms with E-state index in [2.05, 4.69) is 5.32 Å². The van der Waals surface area contributed by atoms with Crippen molar-refractivity contribution in [1.29, 1.82) is 0 Å². The van der Waals surface area contributed by atoms with Crippen molar-refractivity contribution in [2.75, 3.05) is 20.3 Å². The van der Waals surface area contributed by atoms with E-state index in [1.165, 1.54) is 0 Å². The van der Waals surface area contributed by atoms with Crippen LogP contribution in [0.1, 0.15) is 19.3 Å². The van der Waals surface area contributed by atoms with Crippen molar-refractivity contribution in [1.82, 2.24) is 5.32 Å². The molecule has 0 fully saturated rings. The van der Waals surface area contributed by atoms with Crippen LogP contribution in [0, 0.1) is 0 Å². The Kier molecular flexibility index (Phi) is 7.57. The van der Waals surface area contributed by atoms with Crippen LogP contribution in [0.4, 0.5) is 0 Å². The number of hydrogen-bond donors (Lipinski definition) is 3. The highest BCUT2D eigenvalue weighted by Crippen LogP contribution is 1.98. The molecule has 0 aliphatic carbocycles. The van der Waals surface area contributed by atoms with Gasteiger partial charge in [-0.25, -0.2) is 4.79 Å². The lowest BCUT2D eigenvalue weighted by Gasteiger charge is -2.13. The van der Waals surface area contributed by atoms with E-state index >= 15 is 0 Å². The van der Waals surface area contributed by atoms with Crippen molar-refractivity contribution in [3.63, 3.8) is 0 Å². The number of carboxylic acid groups (broad SMARTS) is 1. The van der Waals surface area contributed by atoms with Crippen molar-refractivity contribution < 1.29 is 19.4 Å². The summed E-state index contributed by atoms with van der Waals surface area (Å²) in [6.45, 7) is 0.701. The first-order valence-corrected chi connectivity index (χ1v) is 4.83. The Bertz CT molecular complexity index is 208. The van der Waals surface area contributed by atoms with Crippen LogP contribution in [0.15, 0.2) is 0 Å². The number of carboxylic acids is 1. The van der Waals surface area contributed by atoms with Crippen molar-refractivity contribution in [2.24, 2.45) is 5.73 Å². The molecule has 0 heterocycles. The maximum Gasteiger partial charge on any atom is 0.326 e. The minimum absolute atomic E-state index is 0.147. The number of aliphatic carboxylic acids is 1. The van der Waals surface area contributed by atoms with Crippen molar-refractivity contribution >= 4 is 11.9 Å². The van der Waals surface area contributed by atoms with Gasteiger partial charge in [-0.1, -0.05) is 0 Å². The van der Waals surface area contributed by atoms with Crippen LogP contribution in [0.3, 0.4) is 0 Å². The van der Waals surface area contributed by atoms with Crippen LogP contribution in [-0.4, -0.2) is 43.3 Å². The molecular weight excluding hydrogens is 200 g/mol. The predicted molar refractivity (Wildman–Crippen MR) is 54.3 cm³/mol. The fourth-order valence-corrected chi connectivity index (χ4v) is 1.09. The molecule has 88 valence electrons. The Morgan fingerprint density at radius 2 is 2.20 bits per heavy atom. The molecule has 1 atom stereocenters. The average Bonchev–Trinajstić information content (AvgIpc) is 2.16. The number of carbonyl (C=O) groups is 2. The van der Waals surface area contributed by atoms with Gasteiger partial charge in [-0.2, -0.15) is 0 Å². The monoisotopic (exact) mass is 218 g/mol. The van der Waals surface area contributed by atoms with Crippen molar-refractivity contribution in [3.8, 4) is 0 Å². The zero-order valence-electron chi connectivity index (χ0n) is 8.86. The maximum absolute atomic E-state index is 11.1.